The van der Waals surface area contributed by atoms with Crippen LogP contribution >= 0.6 is 15.9 Å². The van der Waals surface area contributed by atoms with Crippen LogP contribution in [0.1, 0.15) is 16.7 Å². The van der Waals surface area contributed by atoms with Crippen molar-refractivity contribution in [1.82, 2.24) is 15.2 Å². The molecule has 2 heterocycles. The van der Waals surface area contributed by atoms with Crippen molar-refractivity contribution in [2.45, 2.75) is 19.9 Å². The van der Waals surface area contributed by atoms with Crippen molar-refractivity contribution in [3.8, 4) is 0 Å². The second-order valence-electron chi connectivity index (χ2n) is 6.19. The summed E-state index contributed by atoms with van der Waals surface area (Å²) < 4.78 is 0.980. The van der Waals surface area contributed by atoms with Crippen LogP contribution in [0.3, 0.4) is 0 Å². The molecule has 0 spiro atoms. The molecule has 1 aliphatic rings. The Hall–Kier alpha value is -2.47. The summed E-state index contributed by atoms with van der Waals surface area (Å²) in [5.74, 6) is 1.34. The van der Waals surface area contributed by atoms with Crippen LogP contribution in [-0.4, -0.2) is 21.7 Å². The molecule has 2 aromatic carbocycles. The van der Waals surface area contributed by atoms with E-state index in [9.17, 15) is 0 Å². The zero-order valence-corrected chi connectivity index (χ0v) is 15.5. The third-order valence-corrected chi connectivity index (χ3v) is 5.03. The molecule has 0 amide bonds. The summed E-state index contributed by atoms with van der Waals surface area (Å²) in [5.41, 5.74) is 4.89. The minimum atomic E-state index is 0.501. The van der Waals surface area contributed by atoms with Crippen LogP contribution < -0.4 is 10.2 Å². The van der Waals surface area contributed by atoms with Gasteiger partial charge in [-0.25, -0.2) is 0 Å². The molecule has 0 bridgehead atoms. The number of nitrogens with zero attached hydrogens (tertiary/aromatic N) is 4. The zero-order valence-electron chi connectivity index (χ0n) is 13.9. The number of aromatic nitrogens is 3. The zero-order chi connectivity index (χ0) is 17.2. The van der Waals surface area contributed by atoms with Crippen molar-refractivity contribution < 1.29 is 0 Å². The number of hydrogen-bond donors (Lipinski definition) is 1. The van der Waals surface area contributed by atoms with Crippen molar-refractivity contribution in [2.24, 2.45) is 0 Å². The second-order valence-corrected chi connectivity index (χ2v) is 7.04. The van der Waals surface area contributed by atoms with Crippen molar-refractivity contribution in [1.29, 1.82) is 0 Å². The lowest BCUT2D eigenvalue weighted by Gasteiger charge is -2.29. The van der Waals surface area contributed by atoms with Gasteiger partial charge in [-0.15, -0.1) is 5.10 Å². The summed E-state index contributed by atoms with van der Waals surface area (Å²) in [5, 5.41) is 11.5. The van der Waals surface area contributed by atoms with Crippen LogP contribution in [0, 0.1) is 6.92 Å². The Morgan fingerprint density at radius 1 is 1.12 bits per heavy atom. The van der Waals surface area contributed by atoms with E-state index in [-0.39, 0.29) is 0 Å². The molecule has 0 saturated carbocycles. The first-order valence-electron chi connectivity index (χ1n) is 8.24. The number of rotatable bonds is 3. The molecule has 4 rings (SSSR count). The number of halogens is 1. The Morgan fingerprint density at radius 2 is 1.96 bits per heavy atom. The van der Waals surface area contributed by atoms with Gasteiger partial charge in [0.1, 0.15) is 0 Å². The van der Waals surface area contributed by atoms with Gasteiger partial charge in [0, 0.05) is 17.6 Å². The van der Waals surface area contributed by atoms with E-state index in [0.29, 0.717) is 5.95 Å². The van der Waals surface area contributed by atoms with E-state index in [1.807, 2.05) is 12.1 Å². The minimum Gasteiger partial charge on any atom is -0.350 e. The lowest BCUT2D eigenvalue weighted by Crippen LogP contribution is -2.31. The summed E-state index contributed by atoms with van der Waals surface area (Å²) in [6, 6.07) is 14.7. The third kappa shape index (κ3) is 3.49. The van der Waals surface area contributed by atoms with Gasteiger partial charge in [-0.05, 0) is 58.1 Å². The lowest BCUT2D eigenvalue weighted by molar-refractivity contribution is 0.715. The molecule has 0 saturated heterocycles. The molecule has 6 heteroatoms. The molecule has 1 N–H and O–H groups in total. The molecule has 126 valence electrons. The highest BCUT2D eigenvalue weighted by Gasteiger charge is 2.18. The maximum Gasteiger partial charge on any atom is 0.249 e. The molecule has 1 aromatic heterocycles. The average molecular weight is 396 g/mol. The van der Waals surface area contributed by atoms with Gasteiger partial charge in [-0.2, -0.15) is 10.1 Å². The maximum atomic E-state index is 4.65. The highest BCUT2D eigenvalue weighted by molar-refractivity contribution is 9.10. The fourth-order valence-corrected chi connectivity index (χ4v) is 3.63. The normalized spacial score (nSPS) is 13.4. The first kappa shape index (κ1) is 16.0. The van der Waals surface area contributed by atoms with Crippen LogP contribution in [0.25, 0.3) is 0 Å². The maximum absolute atomic E-state index is 4.65. The molecule has 25 heavy (non-hydrogen) atoms. The topological polar surface area (TPSA) is 53.9 Å². The van der Waals surface area contributed by atoms with Gasteiger partial charge in [-0.3, -0.25) is 0 Å². The summed E-state index contributed by atoms with van der Waals surface area (Å²) in [4.78, 5) is 6.89. The van der Waals surface area contributed by atoms with Gasteiger partial charge in [0.15, 0.2) is 5.82 Å². The van der Waals surface area contributed by atoms with Crippen LogP contribution in [0.15, 0.2) is 53.1 Å². The summed E-state index contributed by atoms with van der Waals surface area (Å²) in [7, 11) is 0. The predicted octanol–water partition coefficient (Wildman–Crippen LogP) is 4.25. The highest BCUT2D eigenvalue weighted by atomic mass is 79.9. The number of aryl methyl sites for hydroxylation is 1. The number of anilines is 3. The molecule has 1 aliphatic heterocycles. The lowest BCUT2D eigenvalue weighted by atomic mass is 10.0. The van der Waals surface area contributed by atoms with Crippen LogP contribution in [0.4, 0.5) is 17.5 Å². The van der Waals surface area contributed by atoms with E-state index in [2.05, 4.69) is 78.6 Å². The quantitative estimate of drug-likeness (QED) is 0.718. The Labute approximate surface area is 155 Å². The molecule has 0 fully saturated rings. The predicted molar refractivity (Wildman–Crippen MR) is 103 cm³/mol. The molecular weight excluding hydrogens is 378 g/mol. The first-order chi connectivity index (χ1) is 12.2. The monoisotopic (exact) mass is 395 g/mol. The van der Waals surface area contributed by atoms with E-state index < -0.39 is 0 Å². The number of fused-ring (bicyclic) bond motifs is 1. The average Bonchev–Trinajstić information content (AvgIpc) is 2.64. The molecule has 0 atom stereocenters. The second kappa shape index (κ2) is 6.80. The van der Waals surface area contributed by atoms with Gasteiger partial charge in [0.05, 0.1) is 11.9 Å². The Bertz CT molecular complexity index is 912. The van der Waals surface area contributed by atoms with Gasteiger partial charge < -0.3 is 10.2 Å². The summed E-state index contributed by atoms with van der Waals surface area (Å²) in [6.45, 7) is 3.84. The SMILES string of the molecule is Cc1ccc(Nc2nncc(N3CCc4ccccc4C3)n2)c(Br)c1. The van der Waals surface area contributed by atoms with Crippen LogP contribution in [0.2, 0.25) is 0 Å². The van der Waals surface area contributed by atoms with E-state index in [4.69, 9.17) is 0 Å². The fraction of sp³-hybridized carbons (Fsp3) is 0.211. The summed E-state index contributed by atoms with van der Waals surface area (Å²) >= 11 is 3.57. The largest absolute Gasteiger partial charge is 0.350 e. The van der Waals surface area contributed by atoms with Crippen molar-refractivity contribution in [3.05, 3.63) is 69.8 Å². The third-order valence-electron chi connectivity index (χ3n) is 4.37. The fourth-order valence-electron chi connectivity index (χ4n) is 3.03. The Balaban J connectivity index is 1.56. The van der Waals surface area contributed by atoms with Gasteiger partial charge in [-0.1, -0.05) is 30.3 Å². The van der Waals surface area contributed by atoms with Crippen LogP contribution in [-0.2, 0) is 13.0 Å². The van der Waals surface area contributed by atoms with E-state index in [0.717, 1.165) is 35.5 Å². The number of nitrogens with one attached hydrogen (secondary N) is 1. The standard InChI is InChI=1S/C19H18BrN5/c1-13-6-7-17(16(20)10-13)22-19-23-18(11-21-24-19)25-9-8-14-4-2-3-5-15(14)12-25/h2-7,10-11H,8-9,12H2,1H3,(H,22,23,24). The van der Waals surface area contributed by atoms with Gasteiger partial charge in [0.25, 0.3) is 0 Å². The number of benzene rings is 2. The first-order valence-corrected chi connectivity index (χ1v) is 9.03. The number of hydrogen-bond acceptors (Lipinski definition) is 5. The molecular formula is C19H18BrN5. The highest BCUT2D eigenvalue weighted by Crippen LogP contribution is 2.27. The van der Waals surface area contributed by atoms with Crippen molar-refractivity contribution in [3.63, 3.8) is 0 Å². The molecule has 0 unspecified atom stereocenters. The molecule has 0 radical (unpaired) electrons. The van der Waals surface area contributed by atoms with E-state index in [1.165, 1.54) is 16.7 Å². The molecule has 0 aliphatic carbocycles. The Kier molecular flexibility index (Phi) is 4.36. The van der Waals surface area contributed by atoms with E-state index >= 15 is 0 Å². The smallest absolute Gasteiger partial charge is 0.249 e. The van der Waals surface area contributed by atoms with Gasteiger partial charge >= 0.3 is 0 Å². The molecule has 5 nitrogen and oxygen atoms in total. The van der Waals surface area contributed by atoms with Crippen molar-refractivity contribution >= 4 is 33.4 Å². The van der Waals surface area contributed by atoms with Crippen molar-refractivity contribution in [2.75, 3.05) is 16.8 Å². The van der Waals surface area contributed by atoms with Gasteiger partial charge in [0.2, 0.25) is 5.95 Å². The van der Waals surface area contributed by atoms with Crippen LogP contribution in [0.5, 0.6) is 0 Å². The van der Waals surface area contributed by atoms with E-state index in [1.54, 1.807) is 6.20 Å². The molecule has 3 aromatic rings. The Morgan fingerprint density at radius 3 is 2.80 bits per heavy atom. The minimum absolute atomic E-state index is 0.501. The summed E-state index contributed by atoms with van der Waals surface area (Å²) in [6.07, 6.45) is 2.75.